The van der Waals surface area contributed by atoms with E-state index in [1.807, 2.05) is 32.0 Å². The molecule has 10 heteroatoms. The van der Waals surface area contributed by atoms with Crippen molar-refractivity contribution in [3.63, 3.8) is 0 Å². The number of alkyl halides is 3. The zero-order valence-electron chi connectivity index (χ0n) is 16.7. The monoisotopic (exact) mass is 482 g/mol. The minimum Gasteiger partial charge on any atom is -0.447 e. The molecule has 0 unspecified atom stereocenters. The van der Waals surface area contributed by atoms with Crippen LogP contribution in [0.3, 0.4) is 0 Å². The number of nitro benzene ring substituents is 1. The Kier molecular flexibility index (Phi) is 6.76. The second-order valence-electron chi connectivity index (χ2n) is 6.88. The van der Waals surface area contributed by atoms with Crippen molar-refractivity contribution in [3.8, 4) is 11.5 Å². The van der Waals surface area contributed by atoms with Crippen LogP contribution < -0.4 is 4.74 Å². The molecule has 5 nitrogen and oxygen atoms in total. The van der Waals surface area contributed by atoms with E-state index in [0.29, 0.717) is 17.7 Å². The first kappa shape index (κ1) is 23.6. The molecule has 0 saturated heterocycles. The van der Waals surface area contributed by atoms with E-state index in [2.05, 4.69) is 4.99 Å². The van der Waals surface area contributed by atoms with Crippen molar-refractivity contribution < 1.29 is 22.8 Å². The van der Waals surface area contributed by atoms with Crippen LogP contribution in [0.2, 0.25) is 10.0 Å². The molecule has 0 N–H and O–H groups in total. The first-order valence-corrected chi connectivity index (χ1v) is 9.85. The number of aliphatic imine (C=N–C) groups is 1. The molecule has 0 atom stereocenters. The molecular formula is C22H15Cl2F3N2O3. The number of hydrogen-bond donors (Lipinski definition) is 0. The highest BCUT2D eigenvalue weighted by atomic mass is 35.5. The number of hydrogen-bond acceptors (Lipinski definition) is 4. The fraction of sp³-hybridized carbons (Fsp3) is 0.136. The molecule has 0 aliphatic heterocycles. The molecule has 0 aliphatic carbocycles. The van der Waals surface area contributed by atoms with Crippen LogP contribution in [0.25, 0.3) is 0 Å². The molecule has 0 saturated carbocycles. The molecule has 0 bridgehead atoms. The Morgan fingerprint density at radius 3 is 2.22 bits per heavy atom. The number of ether oxygens (including phenoxy) is 1. The van der Waals surface area contributed by atoms with E-state index in [4.69, 9.17) is 27.9 Å². The molecule has 3 aromatic rings. The average Bonchev–Trinajstić information content (AvgIpc) is 2.70. The summed E-state index contributed by atoms with van der Waals surface area (Å²) in [6.07, 6.45) is -3.21. The van der Waals surface area contributed by atoms with Gasteiger partial charge in [-0.15, -0.1) is 0 Å². The third kappa shape index (κ3) is 5.38. The number of aryl methyl sites for hydroxylation is 2. The van der Waals surface area contributed by atoms with Crippen molar-refractivity contribution in [3.05, 3.63) is 90.9 Å². The van der Waals surface area contributed by atoms with E-state index in [1.165, 1.54) is 18.3 Å². The standard InChI is InChI=1S/C22H15Cl2F3N2O3/c1-12-3-5-16(7-13(12)2)28-11-14-8-17(23)21(18(24)9-14)32-20-6-4-15(22(25,26)27)10-19(20)29(30)31/h3-11H,1-2H3. The summed E-state index contributed by atoms with van der Waals surface area (Å²) in [5.41, 5.74) is 1.43. The third-order valence-corrected chi connectivity index (χ3v) is 5.13. The van der Waals surface area contributed by atoms with Gasteiger partial charge in [-0.3, -0.25) is 15.1 Å². The summed E-state index contributed by atoms with van der Waals surface area (Å²) in [4.78, 5) is 14.6. The Morgan fingerprint density at radius 2 is 1.66 bits per heavy atom. The molecular weight excluding hydrogens is 468 g/mol. The van der Waals surface area contributed by atoms with Crippen LogP contribution in [-0.4, -0.2) is 11.1 Å². The number of halogens is 5. The molecule has 0 aliphatic rings. The van der Waals surface area contributed by atoms with Crippen LogP contribution in [0.4, 0.5) is 24.5 Å². The Bertz CT molecular complexity index is 1200. The Balaban J connectivity index is 1.91. The zero-order chi connectivity index (χ0) is 23.6. The highest BCUT2D eigenvalue weighted by Gasteiger charge is 2.33. The van der Waals surface area contributed by atoms with E-state index in [-0.39, 0.29) is 15.8 Å². The maximum atomic E-state index is 12.9. The quantitative estimate of drug-likeness (QED) is 0.209. The van der Waals surface area contributed by atoms with Gasteiger partial charge in [0.25, 0.3) is 0 Å². The molecule has 3 aromatic carbocycles. The van der Waals surface area contributed by atoms with E-state index < -0.39 is 28.1 Å². The van der Waals surface area contributed by atoms with Crippen molar-refractivity contribution in [1.29, 1.82) is 0 Å². The van der Waals surface area contributed by atoms with E-state index in [1.54, 1.807) is 0 Å². The minimum absolute atomic E-state index is 0.00762. The zero-order valence-corrected chi connectivity index (χ0v) is 18.2. The number of rotatable bonds is 5. The molecule has 3 rings (SSSR count). The Morgan fingerprint density at radius 1 is 1.00 bits per heavy atom. The van der Waals surface area contributed by atoms with Crippen LogP contribution in [0.15, 0.2) is 53.5 Å². The van der Waals surface area contributed by atoms with Gasteiger partial charge in [-0.2, -0.15) is 13.2 Å². The average molecular weight is 483 g/mol. The normalized spacial score (nSPS) is 11.7. The second-order valence-corrected chi connectivity index (χ2v) is 7.69. The number of nitro groups is 1. The van der Waals surface area contributed by atoms with Crippen LogP contribution in [0, 0.1) is 24.0 Å². The van der Waals surface area contributed by atoms with Gasteiger partial charge in [0.1, 0.15) is 0 Å². The molecule has 0 radical (unpaired) electrons. The molecule has 0 fully saturated rings. The van der Waals surface area contributed by atoms with Gasteiger partial charge in [-0.25, -0.2) is 0 Å². The molecule has 0 amide bonds. The summed E-state index contributed by atoms with van der Waals surface area (Å²) in [6.45, 7) is 3.96. The minimum atomic E-state index is -4.74. The van der Waals surface area contributed by atoms with Gasteiger partial charge in [-0.1, -0.05) is 29.3 Å². The van der Waals surface area contributed by atoms with E-state index in [0.717, 1.165) is 22.9 Å². The molecule has 0 spiro atoms. The maximum Gasteiger partial charge on any atom is 0.416 e. The van der Waals surface area contributed by atoms with Gasteiger partial charge in [0.15, 0.2) is 5.75 Å². The summed E-state index contributed by atoms with van der Waals surface area (Å²) in [7, 11) is 0. The van der Waals surface area contributed by atoms with Crippen molar-refractivity contribution in [2.75, 3.05) is 0 Å². The summed E-state index contributed by atoms with van der Waals surface area (Å²) in [5, 5.41) is 11.3. The summed E-state index contributed by atoms with van der Waals surface area (Å²) in [5.74, 6) is -0.553. The SMILES string of the molecule is Cc1ccc(N=Cc2cc(Cl)c(Oc3ccc(C(F)(F)F)cc3[N+](=O)[O-])c(Cl)c2)cc1C. The fourth-order valence-corrected chi connectivity index (χ4v) is 3.32. The second kappa shape index (κ2) is 9.18. The first-order chi connectivity index (χ1) is 15.0. The topological polar surface area (TPSA) is 64.7 Å². The van der Waals surface area contributed by atoms with Gasteiger partial charge in [0.05, 0.1) is 26.2 Å². The third-order valence-electron chi connectivity index (χ3n) is 4.57. The van der Waals surface area contributed by atoms with Crippen molar-refractivity contribution in [1.82, 2.24) is 0 Å². The predicted octanol–water partition coefficient (Wildman–Crippen LogP) is 8.08. The molecule has 0 heterocycles. The van der Waals surface area contributed by atoms with Crippen molar-refractivity contribution in [2.45, 2.75) is 20.0 Å². The van der Waals surface area contributed by atoms with Crippen molar-refractivity contribution in [2.24, 2.45) is 4.99 Å². The largest absolute Gasteiger partial charge is 0.447 e. The smallest absolute Gasteiger partial charge is 0.416 e. The summed E-state index contributed by atoms with van der Waals surface area (Å²) < 4.78 is 44.1. The van der Waals surface area contributed by atoms with Crippen LogP contribution >= 0.6 is 23.2 Å². The summed E-state index contributed by atoms with van der Waals surface area (Å²) in [6, 6.07) is 10.6. The van der Waals surface area contributed by atoms with Crippen molar-refractivity contribution >= 4 is 40.8 Å². The van der Waals surface area contributed by atoms with Crippen LogP contribution in [-0.2, 0) is 6.18 Å². The number of nitrogens with zero attached hydrogens (tertiary/aromatic N) is 2. The fourth-order valence-electron chi connectivity index (χ4n) is 2.74. The lowest BCUT2D eigenvalue weighted by molar-refractivity contribution is -0.385. The maximum absolute atomic E-state index is 12.9. The lowest BCUT2D eigenvalue weighted by atomic mass is 10.1. The van der Waals surface area contributed by atoms with Gasteiger partial charge < -0.3 is 4.74 Å². The molecule has 0 aromatic heterocycles. The van der Waals surface area contributed by atoms with E-state index in [9.17, 15) is 23.3 Å². The van der Waals surface area contributed by atoms with Crippen LogP contribution in [0.5, 0.6) is 11.5 Å². The van der Waals surface area contributed by atoms with E-state index >= 15 is 0 Å². The summed E-state index contributed by atoms with van der Waals surface area (Å²) >= 11 is 12.5. The van der Waals surface area contributed by atoms with Gasteiger partial charge in [0.2, 0.25) is 5.75 Å². The lowest BCUT2D eigenvalue weighted by Crippen LogP contribution is -2.06. The molecule has 166 valence electrons. The number of benzene rings is 3. The van der Waals surface area contributed by atoms with Gasteiger partial charge in [0, 0.05) is 12.3 Å². The highest BCUT2D eigenvalue weighted by Crippen LogP contribution is 2.42. The Labute approximate surface area is 191 Å². The first-order valence-electron chi connectivity index (χ1n) is 9.09. The van der Waals surface area contributed by atoms with Crippen LogP contribution in [0.1, 0.15) is 22.3 Å². The Hall–Kier alpha value is -3.10. The predicted molar refractivity (Wildman–Crippen MR) is 118 cm³/mol. The van der Waals surface area contributed by atoms with Gasteiger partial charge >= 0.3 is 11.9 Å². The molecule has 32 heavy (non-hydrogen) atoms. The highest BCUT2D eigenvalue weighted by molar-refractivity contribution is 6.37. The van der Waals surface area contributed by atoms with Gasteiger partial charge in [-0.05, 0) is 66.9 Å². The lowest BCUT2D eigenvalue weighted by Gasteiger charge is -2.12.